The summed E-state index contributed by atoms with van der Waals surface area (Å²) in [4.78, 5) is 13.9. The molecule has 1 aliphatic rings. The summed E-state index contributed by atoms with van der Waals surface area (Å²) in [5.74, 6) is -0.0148. The van der Waals surface area contributed by atoms with Gasteiger partial charge in [0.1, 0.15) is 6.61 Å². The Kier molecular flexibility index (Phi) is 4.47. The molecule has 86 valence electrons. The Labute approximate surface area is 95.8 Å². The van der Waals surface area contributed by atoms with E-state index in [0.717, 1.165) is 19.4 Å². The van der Waals surface area contributed by atoms with Crippen LogP contribution in [0.4, 0.5) is 0 Å². The molecule has 0 spiro atoms. The Bertz CT molecular complexity index is 256. The molecule has 1 atom stereocenters. The lowest BCUT2D eigenvalue weighted by Gasteiger charge is -2.24. The average Bonchev–Trinajstić information content (AvgIpc) is 2.62. The summed E-state index contributed by atoms with van der Waals surface area (Å²) in [5.41, 5.74) is 5.58. The maximum Gasteiger partial charge on any atom is 0.249 e. The van der Waals surface area contributed by atoms with Crippen LogP contribution in [0.5, 0.6) is 0 Å². The first-order chi connectivity index (χ1) is 7.02. The van der Waals surface area contributed by atoms with Crippen molar-refractivity contribution in [2.75, 3.05) is 13.2 Å². The van der Waals surface area contributed by atoms with E-state index in [0.29, 0.717) is 4.99 Å². The number of rotatable bonds is 4. The third-order valence-corrected chi connectivity index (χ3v) is 2.71. The second-order valence-electron chi connectivity index (χ2n) is 4.01. The minimum atomic E-state index is -0.0664. The Morgan fingerprint density at radius 2 is 2.33 bits per heavy atom. The fourth-order valence-electron chi connectivity index (χ4n) is 1.68. The van der Waals surface area contributed by atoms with Gasteiger partial charge in [-0.3, -0.25) is 4.79 Å². The van der Waals surface area contributed by atoms with Gasteiger partial charge in [0.15, 0.2) is 0 Å². The zero-order chi connectivity index (χ0) is 11.4. The van der Waals surface area contributed by atoms with Crippen LogP contribution in [0.1, 0.15) is 26.7 Å². The summed E-state index contributed by atoms with van der Waals surface area (Å²) >= 11 is 4.93. The van der Waals surface area contributed by atoms with Gasteiger partial charge < -0.3 is 15.4 Å². The lowest BCUT2D eigenvalue weighted by Crippen LogP contribution is -2.44. The number of nitrogens with two attached hydrogens (primary N) is 1. The third kappa shape index (κ3) is 3.43. The van der Waals surface area contributed by atoms with E-state index in [1.54, 1.807) is 4.90 Å². The minimum absolute atomic E-state index is 0.0148. The van der Waals surface area contributed by atoms with Gasteiger partial charge in [0.25, 0.3) is 0 Å². The summed E-state index contributed by atoms with van der Waals surface area (Å²) in [5, 5.41) is 0. The molecule has 0 bridgehead atoms. The van der Waals surface area contributed by atoms with Gasteiger partial charge in [-0.05, 0) is 26.7 Å². The van der Waals surface area contributed by atoms with Crippen LogP contribution < -0.4 is 5.73 Å². The Morgan fingerprint density at radius 1 is 1.67 bits per heavy atom. The summed E-state index contributed by atoms with van der Waals surface area (Å²) < 4.78 is 5.27. The molecule has 0 aromatic heterocycles. The highest BCUT2D eigenvalue weighted by molar-refractivity contribution is 7.80. The van der Waals surface area contributed by atoms with Crippen LogP contribution in [0.3, 0.4) is 0 Å². The van der Waals surface area contributed by atoms with E-state index in [2.05, 4.69) is 0 Å². The van der Waals surface area contributed by atoms with Crippen molar-refractivity contribution < 1.29 is 9.53 Å². The molecule has 1 amide bonds. The van der Waals surface area contributed by atoms with Gasteiger partial charge in [-0.15, -0.1) is 0 Å². The van der Waals surface area contributed by atoms with Gasteiger partial charge in [0, 0.05) is 6.54 Å². The SMILES string of the molecule is CC(C)OCC(=O)N1CCCC1C(N)=S. The molecule has 1 saturated heterocycles. The summed E-state index contributed by atoms with van der Waals surface area (Å²) in [6.45, 7) is 4.67. The molecular formula is C10H18N2O2S. The Morgan fingerprint density at radius 3 is 2.87 bits per heavy atom. The molecule has 2 N–H and O–H groups in total. The molecule has 0 radical (unpaired) electrons. The standard InChI is InChI=1S/C10H18N2O2S/c1-7(2)14-6-9(13)12-5-3-4-8(12)10(11)15/h7-8H,3-6H2,1-2H3,(H2,11,15). The molecule has 4 nitrogen and oxygen atoms in total. The van der Waals surface area contributed by atoms with Crippen LogP contribution in [-0.2, 0) is 9.53 Å². The van der Waals surface area contributed by atoms with Gasteiger partial charge in [0.05, 0.1) is 17.1 Å². The molecule has 5 heteroatoms. The second-order valence-corrected chi connectivity index (χ2v) is 4.48. The smallest absolute Gasteiger partial charge is 0.249 e. The molecular weight excluding hydrogens is 212 g/mol. The average molecular weight is 230 g/mol. The molecule has 0 aromatic carbocycles. The van der Waals surface area contributed by atoms with Crippen molar-refractivity contribution in [2.45, 2.75) is 38.8 Å². The van der Waals surface area contributed by atoms with Crippen LogP contribution in [0.25, 0.3) is 0 Å². The molecule has 15 heavy (non-hydrogen) atoms. The molecule has 1 unspecified atom stereocenters. The van der Waals surface area contributed by atoms with Gasteiger partial charge in [-0.1, -0.05) is 12.2 Å². The maximum absolute atomic E-state index is 11.8. The number of hydrogen-bond acceptors (Lipinski definition) is 3. The van der Waals surface area contributed by atoms with E-state index < -0.39 is 0 Å². The van der Waals surface area contributed by atoms with Gasteiger partial charge in [0.2, 0.25) is 5.91 Å². The van der Waals surface area contributed by atoms with Crippen LogP contribution in [0, 0.1) is 0 Å². The molecule has 1 fully saturated rings. The first kappa shape index (κ1) is 12.4. The number of likely N-dealkylation sites (tertiary alicyclic amines) is 1. The van der Waals surface area contributed by atoms with E-state index in [1.807, 2.05) is 13.8 Å². The Balaban J connectivity index is 2.47. The largest absolute Gasteiger partial charge is 0.392 e. The normalized spacial score (nSPS) is 21.0. The van der Waals surface area contributed by atoms with E-state index in [4.69, 9.17) is 22.7 Å². The fraction of sp³-hybridized carbons (Fsp3) is 0.800. The van der Waals surface area contributed by atoms with Crippen molar-refractivity contribution >= 4 is 23.1 Å². The fourth-order valence-corrected chi connectivity index (χ4v) is 1.93. The van der Waals surface area contributed by atoms with Crippen molar-refractivity contribution in [3.63, 3.8) is 0 Å². The van der Waals surface area contributed by atoms with Gasteiger partial charge in [-0.25, -0.2) is 0 Å². The number of ether oxygens (including phenoxy) is 1. The summed E-state index contributed by atoms with van der Waals surface area (Å²) in [6, 6.07) is -0.0664. The first-order valence-corrected chi connectivity index (χ1v) is 5.63. The molecule has 1 heterocycles. The number of amides is 1. The quantitative estimate of drug-likeness (QED) is 0.722. The molecule has 0 saturated carbocycles. The van der Waals surface area contributed by atoms with Crippen LogP contribution >= 0.6 is 12.2 Å². The van der Waals surface area contributed by atoms with E-state index in [-0.39, 0.29) is 24.7 Å². The van der Waals surface area contributed by atoms with E-state index >= 15 is 0 Å². The van der Waals surface area contributed by atoms with Crippen molar-refractivity contribution in [1.82, 2.24) is 4.90 Å². The highest BCUT2D eigenvalue weighted by Crippen LogP contribution is 2.17. The third-order valence-electron chi connectivity index (χ3n) is 2.44. The number of carbonyl (C=O) groups is 1. The molecule has 0 aliphatic carbocycles. The molecule has 1 rings (SSSR count). The Hall–Kier alpha value is -0.680. The van der Waals surface area contributed by atoms with Crippen molar-refractivity contribution in [3.05, 3.63) is 0 Å². The van der Waals surface area contributed by atoms with Crippen LogP contribution in [0.15, 0.2) is 0 Å². The topological polar surface area (TPSA) is 55.6 Å². The number of carbonyl (C=O) groups excluding carboxylic acids is 1. The zero-order valence-corrected chi connectivity index (χ0v) is 10.0. The van der Waals surface area contributed by atoms with E-state index in [1.165, 1.54) is 0 Å². The van der Waals surface area contributed by atoms with Gasteiger partial charge in [-0.2, -0.15) is 0 Å². The van der Waals surface area contributed by atoms with Crippen molar-refractivity contribution in [1.29, 1.82) is 0 Å². The van der Waals surface area contributed by atoms with E-state index in [9.17, 15) is 4.79 Å². The summed E-state index contributed by atoms with van der Waals surface area (Å²) in [6.07, 6.45) is 1.91. The predicted octanol–water partition coefficient (Wildman–Crippen LogP) is 0.689. The lowest BCUT2D eigenvalue weighted by molar-refractivity contribution is -0.137. The van der Waals surface area contributed by atoms with Crippen LogP contribution in [0.2, 0.25) is 0 Å². The summed E-state index contributed by atoms with van der Waals surface area (Å²) in [7, 11) is 0. The number of nitrogens with zero attached hydrogens (tertiary/aromatic N) is 1. The molecule has 1 aliphatic heterocycles. The van der Waals surface area contributed by atoms with Gasteiger partial charge >= 0.3 is 0 Å². The minimum Gasteiger partial charge on any atom is -0.392 e. The highest BCUT2D eigenvalue weighted by Gasteiger charge is 2.30. The number of thiocarbonyl (C=S) groups is 1. The lowest BCUT2D eigenvalue weighted by atomic mass is 10.2. The zero-order valence-electron chi connectivity index (χ0n) is 9.23. The van der Waals surface area contributed by atoms with Crippen molar-refractivity contribution in [3.8, 4) is 0 Å². The first-order valence-electron chi connectivity index (χ1n) is 5.22. The van der Waals surface area contributed by atoms with Crippen molar-refractivity contribution in [2.24, 2.45) is 5.73 Å². The molecule has 0 aromatic rings. The highest BCUT2D eigenvalue weighted by atomic mass is 32.1. The maximum atomic E-state index is 11.8. The predicted molar refractivity (Wildman–Crippen MR) is 62.6 cm³/mol. The number of hydrogen-bond donors (Lipinski definition) is 1. The van der Waals surface area contributed by atoms with Crippen LogP contribution in [-0.4, -0.2) is 41.1 Å². The monoisotopic (exact) mass is 230 g/mol. The second kappa shape index (κ2) is 5.42.